The molecule has 0 unspecified atom stereocenters. The maximum Gasteiger partial charge on any atom is 0.120 e. The quantitative estimate of drug-likeness (QED) is 0.131. The van der Waals surface area contributed by atoms with E-state index in [0.29, 0.717) is 0 Å². The zero-order valence-electron chi connectivity index (χ0n) is 28.7. The maximum absolute atomic E-state index is 6.20. The Labute approximate surface area is 292 Å². The Morgan fingerprint density at radius 3 is 2.36 bits per heavy atom. The van der Waals surface area contributed by atoms with E-state index in [2.05, 4.69) is 93.4 Å². The van der Waals surface area contributed by atoms with Crippen LogP contribution in [0.25, 0.3) is 55.6 Å². The summed E-state index contributed by atoms with van der Waals surface area (Å²) in [7, 11) is 0.641. The number of furan rings is 1. The number of hydrogen-bond acceptors (Lipinski definition) is 4. The Balaban J connectivity index is 0.000000184. The topological polar surface area (TPSA) is 56.7 Å². The Morgan fingerprint density at radius 1 is 0.936 bits per heavy atom. The van der Waals surface area contributed by atoms with Crippen molar-refractivity contribution >= 4 is 46.2 Å². The first-order chi connectivity index (χ1) is 21.8. The summed E-state index contributed by atoms with van der Waals surface area (Å²) in [6.45, 7) is 18.2. The molecule has 1 radical (unpaired) electrons. The van der Waals surface area contributed by atoms with E-state index in [9.17, 15) is 0 Å². The minimum atomic E-state index is -1.37. The molecule has 0 bridgehead atoms. The Kier molecular flexibility index (Phi) is 9.75. The number of pyridine rings is 2. The van der Waals surface area contributed by atoms with Crippen molar-refractivity contribution < 1.29 is 24.5 Å². The molecule has 243 valence electrons. The van der Waals surface area contributed by atoms with E-state index < -0.39 is 8.07 Å². The number of hydrogen-bond donors (Lipinski definition) is 0. The van der Waals surface area contributed by atoms with Crippen LogP contribution < -0.4 is 5.19 Å². The fourth-order valence-corrected chi connectivity index (χ4v) is 7.83. The maximum atomic E-state index is 6.20. The minimum absolute atomic E-state index is 0. The zero-order valence-corrected chi connectivity index (χ0v) is 32.1. The van der Waals surface area contributed by atoms with Crippen molar-refractivity contribution in [2.75, 3.05) is 0 Å². The van der Waals surface area contributed by atoms with Crippen LogP contribution in [0.3, 0.4) is 0 Å². The van der Waals surface area contributed by atoms with Crippen LogP contribution in [0.4, 0.5) is 0 Å². The molecular weight excluding hydrogens is 773 g/mol. The number of aromatic nitrogens is 4. The van der Waals surface area contributed by atoms with Crippen molar-refractivity contribution in [1.82, 2.24) is 19.5 Å². The Bertz CT molecular complexity index is 2190. The van der Waals surface area contributed by atoms with Gasteiger partial charge in [0.25, 0.3) is 0 Å². The molecule has 0 N–H and O–H groups in total. The van der Waals surface area contributed by atoms with Gasteiger partial charge >= 0.3 is 0 Å². The predicted octanol–water partition coefficient (Wildman–Crippen LogP) is 9.63. The average molecular weight is 815 g/mol. The van der Waals surface area contributed by atoms with Gasteiger partial charge in [0.1, 0.15) is 5.58 Å². The summed E-state index contributed by atoms with van der Waals surface area (Å²) in [5.74, 6) is 0.843. The molecule has 0 aliphatic carbocycles. The van der Waals surface area contributed by atoms with Crippen molar-refractivity contribution in [2.24, 2.45) is 12.5 Å². The monoisotopic (exact) mass is 815 g/mol. The second kappa shape index (κ2) is 13.3. The predicted molar refractivity (Wildman–Crippen MR) is 194 cm³/mol. The molecule has 0 amide bonds. The normalized spacial score (nSPS) is 11.9. The molecule has 7 aromatic rings. The van der Waals surface area contributed by atoms with Crippen LogP contribution in [0.1, 0.15) is 37.6 Å². The summed E-state index contributed by atoms with van der Waals surface area (Å²) >= 11 is 0. The van der Waals surface area contributed by atoms with Crippen molar-refractivity contribution in [2.45, 2.75) is 60.7 Å². The molecule has 5 nitrogen and oxygen atoms in total. The summed E-state index contributed by atoms with van der Waals surface area (Å²) in [5, 5.41) is 3.74. The molecule has 7 rings (SSSR count). The smallest absolute Gasteiger partial charge is 0.120 e. The third-order valence-corrected chi connectivity index (χ3v) is 10.4. The summed E-state index contributed by atoms with van der Waals surface area (Å²) < 4.78 is 8.27. The van der Waals surface area contributed by atoms with E-state index >= 15 is 0 Å². The molecule has 0 aliphatic heterocycles. The van der Waals surface area contributed by atoms with Gasteiger partial charge in [0.15, 0.2) is 0 Å². The standard InChI is InChI=1S/C21H16N3O.C19H26NSi.Ir/c1-12-8-9-15(20-18(12)14-6-4-5-7-17(14)25-20)21-23-16-10-11-22-13(2)19(16)24(21)3;1-19(2,3)13-16-12-17(15-10-8-7-9-11-15)20-14-18(16)21(4,5)6;/h4-8,10-11H,1-3H3;7-10,12,14H,13H2,1-6H3;/q2*-1;. The Morgan fingerprint density at radius 2 is 1.68 bits per heavy atom. The minimum Gasteiger partial charge on any atom is -0.501 e. The fraction of sp³-hybridized carbons (Fsp3) is 0.275. The van der Waals surface area contributed by atoms with E-state index in [-0.39, 0.29) is 25.5 Å². The number of aryl methyl sites for hydroxylation is 3. The molecule has 0 aliphatic rings. The number of nitrogens with zero attached hydrogens (tertiary/aromatic N) is 4. The van der Waals surface area contributed by atoms with Crippen LogP contribution in [0.2, 0.25) is 19.6 Å². The van der Waals surface area contributed by atoms with Gasteiger partial charge in [0.05, 0.1) is 36.2 Å². The van der Waals surface area contributed by atoms with E-state index in [1.165, 1.54) is 10.8 Å². The van der Waals surface area contributed by atoms with Gasteiger partial charge in [-0.1, -0.05) is 88.1 Å². The number of fused-ring (bicyclic) bond motifs is 4. The first-order valence-corrected chi connectivity index (χ1v) is 19.4. The largest absolute Gasteiger partial charge is 0.501 e. The molecule has 0 atom stereocenters. The molecule has 4 heterocycles. The molecule has 0 fully saturated rings. The molecule has 0 saturated heterocycles. The van der Waals surface area contributed by atoms with E-state index in [4.69, 9.17) is 14.4 Å². The summed E-state index contributed by atoms with van der Waals surface area (Å²) in [5.41, 5.74) is 10.6. The first-order valence-electron chi connectivity index (χ1n) is 15.9. The van der Waals surface area contributed by atoms with Gasteiger partial charge in [-0.15, -0.1) is 53.6 Å². The summed E-state index contributed by atoms with van der Waals surface area (Å²) in [6.07, 6.45) is 5.00. The van der Waals surface area contributed by atoms with Crippen LogP contribution in [-0.4, -0.2) is 27.6 Å². The van der Waals surface area contributed by atoms with Crippen molar-refractivity contribution in [1.29, 1.82) is 0 Å². The van der Waals surface area contributed by atoms with Gasteiger partial charge in [-0.2, -0.15) is 0 Å². The van der Waals surface area contributed by atoms with Crippen LogP contribution in [0, 0.1) is 31.4 Å². The van der Waals surface area contributed by atoms with Gasteiger partial charge in [-0.05, 0) is 41.8 Å². The van der Waals surface area contributed by atoms with Crippen LogP contribution in [-0.2, 0) is 33.6 Å². The third kappa shape index (κ3) is 7.03. The van der Waals surface area contributed by atoms with E-state index in [1.807, 2.05) is 62.5 Å². The van der Waals surface area contributed by atoms with Crippen LogP contribution >= 0.6 is 0 Å². The average Bonchev–Trinajstić information content (AvgIpc) is 3.56. The van der Waals surface area contributed by atoms with Crippen LogP contribution in [0.15, 0.2) is 83.5 Å². The van der Waals surface area contributed by atoms with Crippen LogP contribution in [0.5, 0.6) is 0 Å². The number of imidazole rings is 1. The molecule has 3 aromatic carbocycles. The molecule has 0 spiro atoms. The van der Waals surface area contributed by atoms with Gasteiger partial charge < -0.3 is 14.0 Å². The molecule has 0 saturated carbocycles. The first kappa shape index (κ1) is 34.4. The third-order valence-electron chi connectivity index (χ3n) is 8.34. The Hall–Kier alpha value is -3.90. The van der Waals surface area contributed by atoms with E-state index in [1.54, 1.807) is 6.20 Å². The van der Waals surface area contributed by atoms with Crippen molar-refractivity contribution in [3.05, 3.63) is 108 Å². The van der Waals surface area contributed by atoms with Gasteiger partial charge in [-0.3, -0.25) is 9.97 Å². The van der Waals surface area contributed by atoms with Gasteiger partial charge in [-0.25, -0.2) is 0 Å². The van der Waals surface area contributed by atoms with Gasteiger partial charge in [0.2, 0.25) is 0 Å². The van der Waals surface area contributed by atoms with Gasteiger partial charge in [0, 0.05) is 44.9 Å². The summed E-state index contributed by atoms with van der Waals surface area (Å²) in [6, 6.07) is 29.1. The SMILES string of the molecule is CC(C)(C)Cc1cc(-c2[c-]cccc2)ncc1[Si](C)(C)C.Cc1c[c-]c(-c2nc3ccnc(C)c3n2C)c2oc3ccccc3c12.[Ir]. The second-order valence-corrected chi connectivity index (χ2v) is 19.4. The van der Waals surface area contributed by atoms with E-state index in [0.717, 1.165) is 73.3 Å². The van der Waals surface area contributed by atoms with Crippen molar-refractivity contribution in [3.63, 3.8) is 0 Å². The molecule has 4 aromatic heterocycles. The van der Waals surface area contributed by atoms with Crippen molar-refractivity contribution in [3.8, 4) is 22.6 Å². The number of rotatable bonds is 4. The molecular formula is C40H42IrN4OSi-2. The second-order valence-electron chi connectivity index (χ2n) is 14.4. The summed E-state index contributed by atoms with van der Waals surface area (Å²) in [4.78, 5) is 13.9. The number of benzene rings is 3. The number of para-hydroxylation sites is 1. The molecule has 47 heavy (non-hydrogen) atoms. The molecule has 7 heteroatoms. The zero-order chi connectivity index (χ0) is 32.8. The fourth-order valence-electron chi connectivity index (χ4n) is 6.26.